The minimum absolute atomic E-state index is 0.0273. The SMILES string of the molecule is Cc1sc2nc(CSC(C)C(=O)N(C)Cc3ccc(F)cc3)[nH]c(=O)c2c1C. The summed E-state index contributed by atoms with van der Waals surface area (Å²) in [5.41, 5.74) is 1.71. The lowest BCUT2D eigenvalue weighted by atomic mass is 10.2. The Balaban J connectivity index is 1.63. The fourth-order valence-electron chi connectivity index (χ4n) is 2.89. The van der Waals surface area contributed by atoms with Gasteiger partial charge < -0.3 is 9.88 Å². The van der Waals surface area contributed by atoms with E-state index in [1.807, 2.05) is 20.8 Å². The number of H-pyrrole nitrogens is 1. The third-order valence-electron chi connectivity index (χ3n) is 4.62. The van der Waals surface area contributed by atoms with Gasteiger partial charge in [-0.1, -0.05) is 12.1 Å². The van der Waals surface area contributed by atoms with Crippen molar-refractivity contribution < 1.29 is 9.18 Å². The van der Waals surface area contributed by atoms with Crippen molar-refractivity contribution in [3.8, 4) is 0 Å². The van der Waals surface area contributed by atoms with E-state index in [1.165, 1.54) is 35.2 Å². The molecular weight excluding hydrogens is 397 g/mol. The van der Waals surface area contributed by atoms with Gasteiger partial charge in [0.25, 0.3) is 5.56 Å². The first-order valence-electron chi connectivity index (χ1n) is 8.86. The maximum atomic E-state index is 13.0. The molecule has 1 aromatic carbocycles. The largest absolute Gasteiger partial charge is 0.340 e. The molecule has 0 aliphatic carbocycles. The number of hydrogen-bond donors (Lipinski definition) is 1. The Morgan fingerprint density at radius 2 is 2.00 bits per heavy atom. The number of nitrogens with one attached hydrogen (secondary N) is 1. The molecule has 0 spiro atoms. The summed E-state index contributed by atoms with van der Waals surface area (Å²) in [6.45, 7) is 6.16. The molecule has 0 saturated heterocycles. The zero-order valence-electron chi connectivity index (χ0n) is 16.2. The molecule has 28 heavy (non-hydrogen) atoms. The second-order valence-electron chi connectivity index (χ2n) is 6.75. The number of aromatic amines is 1. The van der Waals surface area contributed by atoms with Crippen LogP contribution in [-0.4, -0.2) is 33.1 Å². The lowest BCUT2D eigenvalue weighted by Gasteiger charge is -2.21. The molecule has 2 heterocycles. The molecule has 1 unspecified atom stereocenters. The molecule has 0 saturated carbocycles. The van der Waals surface area contributed by atoms with Gasteiger partial charge in [0.05, 0.1) is 16.4 Å². The summed E-state index contributed by atoms with van der Waals surface area (Å²) < 4.78 is 13.0. The van der Waals surface area contributed by atoms with Crippen LogP contribution in [0.2, 0.25) is 0 Å². The van der Waals surface area contributed by atoms with Gasteiger partial charge in [-0.05, 0) is 44.0 Å². The van der Waals surface area contributed by atoms with Gasteiger partial charge in [0, 0.05) is 18.5 Å². The molecule has 1 amide bonds. The predicted octanol–water partition coefficient (Wildman–Crippen LogP) is 4.02. The van der Waals surface area contributed by atoms with Crippen molar-refractivity contribution in [3.63, 3.8) is 0 Å². The summed E-state index contributed by atoms with van der Waals surface area (Å²) in [5, 5.41) is 0.359. The molecular formula is C20H22FN3O2S2. The molecule has 8 heteroatoms. The van der Waals surface area contributed by atoms with Gasteiger partial charge in [0.15, 0.2) is 0 Å². The number of amides is 1. The number of aryl methyl sites for hydroxylation is 2. The minimum Gasteiger partial charge on any atom is -0.340 e. The molecule has 1 N–H and O–H groups in total. The number of thioether (sulfide) groups is 1. The highest BCUT2D eigenvalue weighted by Crippen LogP contribution is 2.26. The van der Waals surface area contributed by atoms with Crippen molar-refractivity contribution in [2.24, 2.45) is 0 Å². The van der Waals surface area contributed by atoms with E-state index in [-0.39, 0.29) is 22.5 Å². The number of carbonyl (C=O) groups is 1. The highest BCUT2D eigenvalue weighted by atomic mass is 32.2. The van der Waals surface area contributed by atoms with E-state index in [4.69, 9.17) is 0 Å². The number of hydrogen-bond acceptors (Lipinski definition) is 5. The first kappa shape index (κ1) is 20.5. The van der Waals surface area contributed by atoms with Crippen LogP contribution in [0.5, 0.6) is 0 Å². The molecule has 2 aromatic heterocycles. The number of rotatable bonds is 6. The van der Waals surface area contributed by atoms with E-state index in [2.05, 4.69) is 9.97 Å². The van der Waals surface area contributed by atoms with Gasteiger partial charge in [0.1, 0.15) is 16.5 Å². The number of thiophene rings is 1. The second kappa shape index (κ2) is 8.45. The molecule has 0 aliphatic rings. The fraction of sp³-hybridized carbons (Fsp3) is 0.350. The normalized spacial score (nSPS) is 12.3. The van der Waals surface area contributed by atoms with Crippen LogP contribution in [0, 0.1) is 19.7 Å². The average molecular weight is 420 g/mol. The van der Waals surface area contributed by atoms with Crippen molar-refractivity contribution in [2.75, 3.05) is 7.05 Å². The van der Waals surface area contributed by atoms with Crippen LogP contribution in [0.15, 0.2) is 29.1 Å². The third kappa shape index (κ3) is 4.44. The van der Waals surface area contributed by atoms with Gasteiger partial charge >= 0.3 is 0 Å². The Bertz CT molecular complexity index is 1060. The summed E-state index contributed by atoms with van der Waals surface area (Å²) in [7, 11) is 1.73. The second-order valence-corrected chi connectivity index (χ2v) is 9.28. The molecule has 0 bridgehead atoms. The van der Waals surface area contributed by atoms with Crippen molar-refractivity contribution in [1.29, 1.82) is 0 Å². The smallest absolute Gasteiger partial charge is 0.259 e. The highest BCUT2D eigenvalue weighted by Gasteiger charge is 2.19. The zero-order chi connectivity index (χ0) is 20.4. The number of aromatic nitrogens is 2. The maximum Gasteiger partial charge on any atom is 0.259 e. The highest BCUT2D eigenvalue weighted by molar-refractivity contribution is 7.99. The van der Waals surface area contributed by atoms with Gasteiger partial charge in [-0.3, -0.25) is 9.59 Å². The number of halogens is 1. The third-order valence-corrected chi connectivity index (χ3v) is 6.86. The average Bonchev–Trinajstić information content (AvgIpc) is 2.95. The van der Waals surface area contributed by atoms with Crippen LogP contribution in [0.4, 0.5) is 4.39 Å². The zero-order valence-corrected chi connectivity index (χ0v) is 17.8. The van der Waals surface area contributed by atoms with Crippen LogP contribution in [0.3, 0.4) is 0 Å². The standard InChI is InChI=1S/C20H22FN3O2S2/c1-11-12(2)28-19-17(11)18(25)22-16(23-19)10-27-13(3)20(26)24(4)9-14-5-7-15(21)8-6-14/h5-8,13H,9-10H2,1-4H3,(H,22,23,25). The van der Waals surface area contributed by atoms with E-state index in [9.17, 15) is 14.0 Å². The number of nitrogens with zero attached hydrogens (tertiary/aromatic N) is 2. The van der Waals surface area contributed by atoms with Gasteiger partial charge in [-0.25, -0.2) is 9.37 Å². The first-order chi connectivity index (χ1) is 13.3. The van der Waals surface area contributed by atoms with Gasteiger partial charge in [0.2, 0.25) is 5.91 Å². The van der Waals surface area contributed by atoms with Gasteiger partial charge in [-0.15, -0.1) is 23.1 Å². The summed E-state index contributed by atoms with van der Waals surface area (Å²) in [6, 6.07) is 6.12. The summed E-state index contributed by atoms with van der Waals surface area (Å²) >= 11 is 2.94. The Morgan fingerprint density at radius 3 is 2.68 bits per heavy atom. The van der Waals surface area contributed by atoms with E-state index < -0.39 is 0 Å². The molecule has 3 aromatic rings. The Hall–Kier alpha value is -2.19. The molecule has 148 valence electrons. The van der Waals surface area contributed by atoms with Crippen LogP contribution in [-0.2, 0) is 17.1 Å². The summed E-state index contributed by atoms with van der Waals surface area (Å²) in [6.07, 6.45) is 0. The van der Waals surface area contributed by atoms with Crippen LogP contribution < -0.4 is 5.56 Å². The van der Waals surface area contributed by atoms with Crippen molar-refractivity contribution in [3.05, 3.63) is 62.3 Å². The van der Waals surface area contributed by atoms with Crippen molar-refractivity contribution in [1.82, 2.24) is 14.9 Å². The number of fused-ring (bicyclic) bond motifs is 1. The van der Waals surface area contributed by atoms with E-state index >= 15 is 0 Å². The topological polar surface area (TPSA) is 66.1 Å². The predicted molar refractivity (Wildman–Crippen MR) is 113 cm³/mol. The lowest BCUT2D eigenvalue weighted by Crippen LogP contribution is -2.33. The molecule has 1 atom stereocenters. The quantitative estimate of drug-likeness (QED) is 0.655. The van der Waals surface area contributed by atoms with Crippen molar-refractivity contribution in [2.45, 2.75) is 38.3 Å². The number of benzene rings is 1. The monoisotopic (exact) mass is 419 g/mol. The molecule has 0 radical (unpaired) electrons. The van der Waals surface area contributed by atoms with Crippen LogP contribution in [0.1, 0.15) is 28.8 Å². The number of carbonyl (C=O) groups excluding carboxylic acids is 1. The molecule has 0 fully saturated rings. The maximum absolute atomic E-state index is 13.0. The molecule has 3 rings (SSSR count). The van der Waals surface area contributed by atoms with E-state index in [0.717, 1.165) is 20.8 Å². The van der Waals surface area contributed by atoms with Crippen LogP contribution in [0.25, 0.3) is 10.2 Å². The van der Waals surface area contributed by atoms with Crippen LogP contribution >= 0.6 is 23.1 Å². The Morgan fingerprint density at radius 1 is 1.32 bits per heavy atom. The first-order valence-corrected chi connectivity index (χ1v) is 10.7. The Kier molecular flexibility index (Phi) is 6.20. The lowest BCUT2D eigenvalue weighted by molar-refractivity contribution is -0.129. The Labute approximate surface area is 171 Å². The minimum atomic E-state index is -0.295. The molecule has 0 aliphatic heterocycles. The molecule has 5 nitrogen and oxygen atoms in total. The van der Waals surface area contributed by atoms with Gasteiger partial charge in [-0.2, -0.15) is 0 Å². The van der Waals surface area contributed by atoms with E-state index in [1.54, 1.807) is 24.1 Å². The fourth-order valence-corrected chi connectivity index (χ4v) is 4.81. The summed E-state index contributed by atoms with van der Waals surface area (Å²) in [4.78, 5) is 35.8. The van der Waals surface area contributed by atoms with E-state index in [0.29, 0.717) is 23.5 Å². The summed E-state index contributed by atoms with van der Waals surface area (Å²) in [5.74, 6) is 0.694. The van der Waals surface area contributed by atoms with Crippen molar-refractivity contribution >= 4 is 39.2 Å².